The van der Waals surface area contributed by atoms with Gasteiger partial charge in [0.15, 0.2) is 0 Å². The molecule has 1 aromatic carbocycles. The molecule has 0 aliphatic carbocycles. The van der Waals surface area contributed by atoms with E-state index in [-0.39, 0.29) is 5.91 Å². The quantitative estimate of drug-likeness (QED) is 0.695. The zero-order valence-electron chi connectivity index (χ0n) is 13.5. The molecule has 0 fully saturated rings. The van der Waals surface area contributed by atoms with Crippen molar-refractivity contribution >= 4 is 17.2 Å². The SMILES string of the molecule is CN(CC(=O)NCc1cccs1)Cc1cc(-c2ccccc2)n[nH]1. The number of aromatic nitrogens is 2. The third kappa shape index (κ3) is 4.53. The van der Waals surface area contributed by atoms with Crippen molar-refractivity contribution in [3.8, 4) is 11.3 Å². The number of nitrogens with zero attached hydrogens (tertiary/aromatic N) is 2. The lowest BCUT2D eigenvalue weighted by Gasteiger charge is -2.14. The molecule has 2 N–H and O–H groups in total. The van der Waals surface area contributed by atoms with E-state index in [2.05, 4.69) is 15.5 Å². The second kappa shape index (κ2) is 7.90. The number of hydrogen-bond acceptors (Lipinski definition) is 4. The molecule has 0 atom stereocenters. The van der Waals surface area contributed by atoms with Gasteiger partial charge in [-0.15, -0.1) is 11.3 Å². The highest BCUT2D eigenvalue weighted by Crippen LogP contribution is 2.17. The van der Waals surface area contributed by atoms with Gasteiger partial charge < -0.3 is 5.32 Å². The van der Waals surface area contributed by atoms with E-state index >= 15 is 0 Å². The molecule has 6 heteroatoms. The fraction of sp³-hybridized carbons (Fsp3) is 0.222. The Hall–Kier alpha value is -2.44. The zero-order valence-corrected chi connectivity index (χ0v) is 14.3. The van der Waals surface area contributed by atoms with E-state index < -0.39 is 0 Å². The van der Waals surface area contributed by atoms with Crippen LogP contribution in [0.5, 0.6) is 0 Å². The van der Waals surface area contributed by atoms with Gasteiger partial charge in [0, 0.05) is 22.7 Å². The smallest absolute Gasteiger partial charge is 0.234 e. The van der Waals surface area contributed by atoms with Gasteiger partial charge in [0.1, 0.15) is 0 Å². The third-order valence-corrected chi connectivity index (χ3v) is 4.47. The van der Waals surface area contributed by atoms with E-state index in [9.17, 15) is 4.79 Å². The van der Waals surface area contributed by atoms with Crippen LogP contribution in [0.25, 0.3) is 11.3 Å². The molecule has 0 saturated heterocycles. The maximum absolute atomic E-state index is 12.0. The Morgan fingerprint density at radius 1 is 1.25 bits per heavy atom. The molecule has 0 radical (unpaired) electrons. The van der Waals surface area contributed by atoms with Crippen molar-refractivity contribution in [1.29, 1.82) is 0 Å². The Kier molecular flexibility index (Phi) is 5.40. The molecule has 2 aromatic heterocycles. The molecule has 3 aromatic rings. The summed E-state index contributed by atoms with van der Waals surface area (Å²) in [6.45, 7) is 1.59. The molecule has 0 bridgehead atoms. The van der Waals surface area contributed by atoms with Gasteiger partial charge in [0.2, 0.25) is 5.91 Å². The Balaban J connectivity index is 1.49. The van der Waals surface area contributed by atoms with E-state index in [1.807, 2.05) is 65.9 Å². The van der Waals surface area contributed by atoms with Gasteiger partial charge in [-0.3, -0.25) is 14.8 Å². The molecule has 3 rings (SSSR count). The van der Waals surface area contributed by atoms with E-state index in [0.29, 0.717) is 19.6 Å². The van der Waals surface area contributed by atoms with Gasteiger partial charge in [0.25, 0.3) is 0 Å². The minimum Gasteiger partial charge on any atom is -0.350 e. The molecule has 124 valence electrons. The highest BCUT2D eigenvalue weighted by Gasteiger charge is 2.10. The van der Waals surface area contributed by atoms with E-state index in [1.54, 1.807) is 11.3 Å². The van der Waals surface area contributed by atoms with Gasteiger partial charge in [-0.05, 0) is 24.6 Å². The molecule has 5 nitrogen and oxygen atoms in total. The highest BCUT2D eigenvalue weighted by atomic mass is 32.1. The minimum absolute atomic E-state index is 0.0219. The van der Waals surface area contributed by atoms with Gasteiger partial charge in [-0.25, -0.2) is 0 Å². The van der Waals surface area contributed by atoms with Crippen molar-refractivity contribution in [2.75, 3.05) is 13.6 Å². The molecule has 0 spiro atoms. The molecule has 1 amide bonds. The predicted molar refractivity (Wildman–Crippen MR) is 96.5 cm³/mol. The van der Waals surface area contributed by atoms with Gasteiger partial charge in [-0.1, -0.05) is 36.4 Å². The van der Waals surface area contributed by atoms with Crippen molar-refractivity contribution < 1.29 is 4.79 Å². The minimum atomic E-state index is 0.0219. The third-order valence-electron chi connectivity index (χ3n) is 3.59. The number of hydrogen-bond donors (Lipinski definition) is 2. The maximum atomic E-state index is 12.0. The average Bonchev–Trinajstić information content (AvgIpc) is 3.25. The zero-order chi connectivity index (χ0) is 16.8. The summed E-state index contributed by atoms with van der Waals surface area (Å²) in [5, 5.41) is 12.3. The fourth-order valence-corrected chi connectivity index (χ4v) is 3.09. The Morgan fingerprint density at radius 3 is 2.83 bits per heavy atom. The fourth-order valence-electron chi connectivity index (χ4n) is 2.45. The summed E-state index contributed by atoms with van der Waals surface area (Å²) in [5.74, 6) is 0.0219. The molecule has 2 heterocycles. The second-order valence-electron chi connectivity index (χ2n) is 5.67. The maximum Gasteiger partial charge on any atom is 0.234 e. The van der Waals surface area contributed by atoms with Crippen LogP contribution in [-0.4, -0.2) is 34.6 Å². The summed E-state index contributed by atoms with van der Waals surface area (Å²) < 4.78 is 0. The second-order valence-corrected chi connectivity index (χ2v) is 6.71. The number of aromatic amines is 1. The molecular weight excluding hydrogens is 320 g/mol. The van der Waals surface area contributed by atoms with Gasteiger partial charge in [-0.2, -0.15) is 5.10 Å². The number of carbonyl (C=O) groups is 1. The first-order valence-electron chi connectivity index (χ1n) is 7.78. The van der Waals surface area contributed by atoms with Crippen molar-refractivity contribution in [1.82, 2.24) is 20.4 Å². The average molecular weight is 340 g/mol. The van der Waals surface area contributed by atoms with E-state index in [4.69, 9.17) is 0 Å². The van der Waals surface area contributed by atoms with Crippen molar-refractivity contribution in [3.63, 3.8) is 0 Å². The van der Waals surface area contributed by atoms with Crippen LogP contribution in [0.2, 0.25) is 0 Å². The molecule has 0 unspecified atom stereocenters. The van der Waals surface area contributed by atoms with Gasteiger partial charge in [0.05, 0.1) is 18.8 Å². The summed E-state index contributed by atoms with van der Waals surface area (Å²) in [6.07, 6.45) is 0. The van der Waals surface area contributed by atoms with Crippen LogP contribution in [0.4, 0.5) is 0 Å². The lowest BCUT2D eigenvalue weighted by Crippen LogP contribution is -2.34. The summed E-state index contributed by atoms with van der Waals surface area (Å²) in [6, 6.07) is 16.1. The van der Waals surface area contributed by atoms with Crippen LogP contribution in [0, 0.1) is 0 Å². The van der Waals surface area contributed by atoms with E-state index in [1.165, 1.54) is 0 Å². The first-order chi connectivity index (χ1) is 11.7. The first-order valence-corrected chi connectivity index (χ1v) is 8.66. The summed E-state index contributed by atoms with van der Waals surface area (Å²) in [5.41, 5.74) is 2.99. The number of likely N-dealkylation sites (N-methyl/N-ethyl adjacent to an activating group) is 1. The van der Waals surface area contributed by atoms with Crippen molar-refractivity contribution in [3.05, 3.63) is 64.5 Å². The van der Waals surface area contributed by atoms with Crippen LogP contribution >= 0.6 is 11.3 Å². The number of rotatable bonds is 7. The van der Waals surface area contributed by atoms with E-state index in [0.717, 1.165) is 21.8 Å². The number of H-pyrrole nitrogens is 1. The van der Waals surface area contributed by atoms with Crippen LogP contribution in [0.1, 0.15) is 10.6 Å². The summed E-state index contributed by atoms with van der Waals surface area (Å²) in [4.78, 5) is 15.1. The predicted octanol–water partition coefficient (Wildman–Crippen LogP) is 2.89. The number of thiophene rings is 1. The summed E-state index contributed by atoms with van der Waals surface area (Å²) in [7, 11) is 1.92. The molecule has 24 heavy (non-hydrogen) atoms. The number of benzene rings is 1. The topological polar surface area (TPSA) is 61.0 Å². The van der Waals surface area contributed by atoms with Crippen LogP contribution in [0.15, 0.2) is 53.9 Å². The molecule has 0 aliphatic rings. The number of carbonyl (C=O) groups excluding carboxylic acids is 1. The first kappa shape index (κ1) is 16.4. The Labute approximate surface area is 145 Å². The van der Waals surface area contributed by atoms with Gasteiger partial charge >= 0.3 is 0 Å². The largest absolute Gasteiger partial charge is 0.350 e. The Morgan fingerprint density at radius 2 is 2.08 bits per heavy atom. The van der Waals surface area contributed by atoms with Crippen molar-refractivity contribution in [2.45, 2.75) is 13.1 Å². The van der Waals surface area contributed by atoms with Crippen molar-refractivity contribution in [2.24, 2.45) is 0 Å². The Bertz CT molecular complexity index is 767. The monoisotopic (exact) mass is 340 g/mol. The van der Waals surface area contributed by atoms with Crippen LogP contribution in [0.3, 0.4) is 0 Å². The number of nitrogens with one attached hydrogen (secondary N) is 2. The molecular formula is C18H20N4OS. The molecule has 0 aliphatic heterocycles. The van der Waals surface area contributed by atoms with Crippen LogP contribution in [-0.2, 0) is 17.9 Å². The van der Waals surface area contributed by atoms with Crippen LogP contribution < -0.4 is 5.32 Å². The lowest BCUT2D eigenvalue weighted by molar-refractivity contribution is -0.122. The number of amides is 1. The normalized spacial score (nSPS) is 10.9. The summed E-state index contributed by atoms with van der Waals surface area (Å²) >= 11 is 1.65. The lowest BCUT2D eigenvalue weighted by atomic mass is 10.1. The highest BCUT2D eigenvalue weighted by molar-refractivity contribution is 7.09. The standard InChI is InChI=1S/C18H20N4OS/c1-22(13-18(23)19-11-16-8-5-9-24-16)12-15-10-17(21-20-15)14-6-3-2-4-7-14/h2-10H,11-13H2,1H3,(H,19,23)(H,20,21). The molecule has 0 saturated carbocycles.